The molecule has 0 bridgehead atoms. The number of nitrogens with zero attached hydrogens (tertiary/aromatic N) is 2. The highest BCUT2D eigenvalue weighted by Gasteiger charge is 2.20. The second-order valence-electron chi connectivity index (χ2n) is 5.97. The number of nitrogens with one attached hydrogen (secondary N) is 1. The molecule has 2 heterocycles. The fourth-order valence-corrected chi connectivity index (χ4v) is 2.84. The first-order chi connectivity index (χ1) is 14.1. The Morgan fingerprint density at radius 1 is 1.00 bits per heavy atom. The molecule has 0 saturated heterocycles. The van der Waals surface area contributed by atoms with E-state index in [1.54, 1.807) is 42.5 Å². The van der Waals surface area contributed by atoms with Crippen LogP contribution < -0.4 is 20.4 Å². The average molecular weight is 393 g/mol. The summed E-state index contributed by atoms with van der Waals surface area (Å²) in [6, 6.07) is 13.4. The predicted octanol–water partition coefficient (Wildman–Crippen LogP) is 3.11. The van der Waals surface area contributed by atoms with Gasteiger partial charge in [0, 0.05) is 10.9 Å². The van der Waals surface area contributed by atoms with E-state index < -0.39 is 11.5 Å². The molecular formula is C20H15N3O6. The topological polar surface area (TPSA) is 117 Å². The first-order valence-electron chi connectivity index (χ1n) is 8.50. The molecule has 29 heavy (non-hydrogen) atoms. The van der Waals surface area contributed by atoms with Gasteiger partial charge in [-0.3, -0.25) is 4.79 Å². The molecule has 0 atom stereocenters. The van der Waals surface area contributed by atoms with Gasteiger partial charge in [0.15, 0.2) is 17.2 Å². The Bertz CT molecular complexity index is 1260. The van der Waals surface area contributed by atoms with Crippen LogP contribution in [0.4, 0.5) is 5.82 Å². The number of carbonyl (C=O) groups excluding carboxylic acids is 1. The number of hydrogen-bond acceptors (Lipinski definition) is 8. The number of hydrogen-bond donors (Lipinski definition) is 1. The normalized spacial score (nSPS) is 10.7. The fourth-order valence-electron chi connectivity index (χ4n) is 2.84. The fraction of sp³-hybridized carbons (Fsp3) is 0.100. The second-order valence-corrected chi connectivity index (χ2v) is 5.97. The van der Waals surface area contributed by atoms with Crippen LogP contribution >= 0.6 is 0 Å². The lowest BCUT2D eigenvalue weighted by molar-refractivity contribution is 0.102. The molecule has 0 aliphatic rings. The molecule has 0 fully saturated rings. The summed E-state index contributed by atoms with van der Waals surface area (Å²) in [5.41, 5.74) is 0.313. The molecule has 0 spiro atoms. The number of fused-ring (bicyclic) bond motifs is 1. The van der Waals surface area contributed by atoms with Gasteiger partial charge in [0.05, 0.1) is 14.2 Å². The van der Waals surface area contributed by atoms with Crippen LogP contribution in [0.3, 0.4) is 0 Å². The highest BCUT2D eigenvalue weighted by atomic mass is 16.6. The predicted molar refractivity (Wildman–Crippen MR) is 103 cm³/mol. The minimum Gasteiger partial charge on any atom is -0.493 e. The Balaban J connectivity index is 1.67. The third kappa shape index (κ3) is 3.41. The summed E-state index contributed by atoms with van der Waals surface area (Å²) in [5.74, 6) is 0.365. The van der Waals surface area contributed by atoms with Crippen molar-refractivity contribution in [2.24, 2.45) is 0 Å². The number of aromatic nitrogens is 2. The lowest BCUT2D eigenvalue weighted by Gasteiger charge is -2.09. The van der Waals surface area contributed by atoms with Gasteiger partial charge in [-0.1, -0.05) is 18.2 Å². The molecule has 2 aromatic heterocycles. The van der Waals surface area contributed by atoms with Crippen LogP contribution in [-0.4, -0.2) is 30.4 Å². The van der Waals surface area contributed by atoms with Gasteiger partial charge in [0.25, 0.3) is 5.91 Å². The molecule has 1 N–H and O–H groups in total. The lowest BCUT2D eigenvalue weighted by Crippen LogP contribution is -2.21. The van der Waals surface area contributed by atoms with Crippen LogP contribution in [0.5, 0.6) is 11.5 Å². The third-order valence-electron chi connectivity index (χ3n) is 4.26. The zero-order chi connectivity index (χ0) is 20.4. The number of carbonyl (C=O) groups is 1. The molecule has 4 rings (SSSR count). The van der Waals surface area contributed by atoms with Crippen LogP contribution in [0.2, 0.25) is 0 Å². The highest BCUT2D eigenvalue weighted by molar-refractivity contribution is 6.06. The summed E-state index contributed by atoms with van der Waals surface area (Å²) in [6.45, 7) is 0. The van der Waals surface area contributed by atoms with Crippen LogP contribution in [0, 0.1) is 0 Å². The number of para-hydroxylation sites is 1. The van der Waals surface area contributed by atoms with Gasteiger partial charge in [0.1, 0.15) is 11.1 Å². The Labute approximate surface area is 163 Å². The first-order valence-corrected chi connectivity index (χ1v) is 8.50. The van der Waals surface area contributed by atoms with Gasteiger partial charge < -0.3 is 19.2 Å². The maximum atomic E-state index is 12.7. The molecule has 0 unspecified atom stereocenters. The Hall–Kier alpha value is -4.14. The second kappa shape index (κ2) is 7.47. The summed E-state index contributed by atoms with van der Waals surface area (Å²) in [5, 5.41) is 10.7. The molecule has 0 aliphatic carbocycles. The first kappa shape index (κ1) is 18.2. The third-order valence-corrected chi connectivity index (χ3v) is 4.26. The summed E-state index contributed by atoms with van der Waals surface area (Å²) >= 11 is 0. The average Bonchev–Trinajstić information content (AvgIpc) is 3.20. The van der Waals surface area contributed by atoms with Crippen LogP contribution in [0.1, 0.15) is 10.4 Å². The zero-order valence-electron chi connectivity index (χ0n) is 15.5. The van der Waals surface area contributed by atoms with Crippen molar-refractivity contribution in [1.29, 1.82) is 0 Å². The Kier molecular flexibility index (Phi) is 4.70. The number of anilines is 1. The van der Waals surface area contributed by atoms with Crippen molar-refractivity contribution in [3.8, 4) is 22.8 Å². The van der Waals surface area contributed by atoms with E-state index in [0.717, 1.165) is 0 Å². The van der Waals surface area contributed by atoms with Crippen molar-refractivity contribution in [2.45, 2.75) is 0 Å². The van der Waals surface area contributed by atoms with Gasteiger partial charge in [-0.05, 0) is 40.6 Å². The molecule has 1 amide bonds. The molecule has 0 aliphatic heterocycles. The largest absolute Gasteiger partial charge is 0.493 e. The number of benzene rings is 2. The molecule has 146 valence electrons. The smallest absolute Gasteiger partial charge is 0.349 e. The number of amides is 1. The Morgan fingerprint density at radius 2 is 1.79 bits per heavy atom. The van der Waals surface area contributed by atoms with Gasteiger partial charge in [0.2, 0.25) is 5.82 Å². The van der Waals surface area contributed by atoms with E-state index in [4.69, 9.17) is 18.5 Å². The minimum absolute atomic E-state index is 0.0507. The van der Waals surface area contributed by atoms with Crippen molar-refractivity contribution in [3.05, 3.63) is 64.5 Å². The maximum absolute atomic E-state index is 12.7. The SMILES string of the molecule is COc1ccc(-c2nonc2NC(=O)c2cc3ccccc3oc2=O)cc1OC. The minimum atomic E-state index is -0.759. The van der Waals surface area contributed by atoms with E-state index in [1.807, 2.05) is 0 Å². The number of rotatable bonds is 5. The van der Waals surface area contributed by atoms with Crippen LogP contribution in [0.15, 0.2) is 62.4 Å². The van der Waals surface area contributed by atoms with Crippen molar-refractivity contribution in [2.75, 3.05) is 19.5 Å². The van der Waals surface area contributed by atoms with E-state index in [0.29, 0.717) is 28.0 Å². The van der Waals surface area contributed by atoms with Crippen LogP contribution in [-0.2, 0) is 0 Å². The number of ether oxygens (including phenoxy) is 2. The van der Waals surface area contributed by atoms with Crippen molar-refractivity contribution in [3.63, 3.8) is 0 Å². The quantitative estimate of drug-likeness (QED) is 0.514. The summed E-state index contributed by atoms with van der Waals surface area (Å²) in [4.78, 5) is 24.9. The summed E-state index contributed by atoms with van der Waals surface area (Å²) in [6.07, 6.45) is 0. The molecular weight excluding hydrogens is 378 g/mol. The van der Waals surface area contributed by atoms with E-state index in [-0.39, 0.29) is 17.1 Å². The Morgan fingerprint density at radius 3 is 2.59 bits per heavy atom. The molecule has 9 heteroatoms. The van der Waals surface area contributed by atoms with Crippen molar-refractivity contribution in [1.82, 2.24) is 10.3 Å². The molecule has 0 radical (unpaired) electrons. The van der Waals surface area contributed by atoms with Gasteiger partial charge in [-0.2, -0.15) is 0 Å². The zero-order valence-corrected chi connectivity index (χ0v) is 15.5. The summed E-state index contributed by atoms with van der Waals surface area (Å²) < 4.78 is 20.5. The van der Waals surface area contributed by atoms with Crippen molar-refractivity contribution < 1.29 is 23.3 Å². The van der Waals surface area contributed by atoms with Gasteiger partial charge in [-0.25, -0.2) is 9.42 Å². The van der Waals surface area contributed by atoms with Crippen LogP contribution in [0.25, 0.3) is 22.2 Å². The molecule has 0 saturated carbocycles. The van der Waals surface area contributed by atoms with Gasteiger partial charge in [-0.15, -0.1) is 0 Å². The van der Waals surface area contributed by atoms with E-state index in [9.17, 15) is 9.59 Å². The molecule has 2 aromatic carbocycles. The van der Waals surface area contributed by atoms with Crippen molar-refractivity contribution >= 4 is 22.7 Å². The lowest BCUT2D eigenvalue weighted by atomic mass is 10.1. The maximum Gasteiger partial charge on any atom is 0.349 e. The monoisotopic (exact) mass is 393 g/mol. The van der Waals surface area contributed by atoms with E-state index >= 15 is 0 Å². The molecule has 4 aromatic rings. The number of methoxy groups -OCH3 is 2. The molecule has 9 nitrogen and oxygen atoms in total. The van der Waals surface area contributed by atoms with Gasteiger partial charge >= 0.3 is 5.63 Å². The standard InChI is InChI=1S/C20H15N3O6/c1-26-15-8-7-12(10-16(15)27-2)17-18(23-29-22-17)21-19(24)13-9-11-5-3-4-6-14(11)28-20(13)25/h3-10H,1-2H3,(H,21,23,24). The van der Waals surface area contributed by atoms with E-state index in [2.05, 4.69) is 15.6 Å². The highest BCUT2D eigenvalue weighted by Crippen LogP contribution is 2.33. The van der Waals surface area contributed by atoms with E-state index in [1.165, 1.54) is 20.3 Å². The summed E-state index contributed by atoms with van der Waals surface area (Å²) in [7, 11) is 3.03.